The number of rotatable bonds is 9. The average molecular weight is 438 g/mol. The van der Waals surface area contributed by atoms with Crippen LogP contribution in [0.1, 0.15) is 17.4 Å². The summed E-state index contributed by atoms with van der Waals surface area (Å²) in [5, 5.41) is 1.29. The van der Waals surface area contributed by atoms with Crippen LogP contribution in [0.15, 0.2) is 46.3 Å². The first kappa shape index (κ1) is 21.0. The maximum atomic E-state index is 13.1. The number of hydrogen-bond acceptors (Lipinski definition) is 6. The molecule has 1 N–H and O–H groups in total. The molecular weight excluding hydrogens is 414 g/mol. The number of nitrogens with one attached hydrogen (secondary N) is 1. The Hall–Kier alpha value is -1.68. The van der Waals surface area contributed by atoms with Crippen LogP contribution < -0.4 is 10.3 Å². The number of sulfonamides is 1. The van der Waals surface area contributed by atoms with Gasteiger partial charge in [0.2, 0.25) is 10.0 Å². The van der Waals surface area contributed by atoms with E-state index in [2.05, 4.69) is 11.6 Å². The quantitative estimate of drug-likeness (QED) is 0.316. The summed E-state index contributed by atoms with van der Waals surface area (Å²) in [6.45, 7) is 2.89. The van der Waals surface area contributed by atoms with Gasteiger partial charge in [-0.2, -0.15) is 0 Å². The monoisotopic (exact) mass is 437 g/mol. The largest absolute Gasteiger partial charge is 0.287 e. The molecule has 0 unspecified atom stereocenters. The average Bonchev–Trinajstić information content (AvgIpc) is 3.08. The minimum Gasteiger partial charge on any atom is -0.287 e. The molecule has 0 amide bonds. The van der Waals surface area contributed by atoms with Crippen LogP contribution >= 0.6 is 23.1 Å². The first-order chi connectivity index (χ1) is 13.4. The van der Waals surface area contributed by atoms with E-state index in [4.69, 9.17) is 4.98 Å². The first-order valence-corrected chi connectivity index (χ1v) is 12.7. The summed E-state index contributed by atoms with van der Waals surface area (Å²) < 4.78 is 26.7. The Morgan fingerprint density at radius 2 is 2.00 bits per heavy atom. The molecule has 0 saturated heterocycles. The number of benzene rings is 1. The fourth-order valence-electron chi connectivity index (χ4n) is 2.78. The molecule has 2 heterocycles. The van der Waals surface area contributed by atoms with Crippen LogP contribution in [-0.2, 0) is 29.4 Å². The van der Waals surface area contributed by atoms with Crippen molar-refractivity contribution in [1.29, 1.82) is 0 Å². The summed E-state index contributed by atoms with van der Waals surface area (Å²) in [4.78, 5) is 19.7. The van der Waals surface area contributed by atoms with Gasteiger partial charge in [-0.3, -0.25) is 9.36 Å². The second-order valence-electron chi connectivity index (χ2n) is 6.39. The van der Waals surface area contributed by atoms with Crippen molar-refractivity contribution in [2.24, 2.45) is 0 Å². The Kier molecular flexibility index (Phi) is 6.92. The van der Waals surface area contributed by atoms with Gasteiger partial charge in [-0.25, -0.2) is 18.1 Å². The van der Waals surface area contributed by atoms with E-state index >= 15 is 0 Å². The van der Waals surface area contributed by atoms with E-state index in [1.807, 2.05) is 36.4 Å². The summed E-state index contributed by atoms with van der Waals surface area (Å²) in [7, 11) is -3.23. The fraction of sp³-hybridized carbons (Fsp3) is 0.368. The molecule has 1 aromatic carbocycles. The zero-order chi connectivity index (χ0) is 20.1. The lowest BCUT2D eigenvalue weighted by Gasteiger charge is -2.12. The summed E-state index contributed by atoms with van der Waals surface area (Å²) in [5.41, 5.74) is 1.12. The SMILES string of the molecule is CCc1cc2c(=O)n(CCc3ccccc3)c(SCCNS(C)(=O)=O)nc2s1. The Morgan fingerprint density at radius 1 is 1.25 bits per heavy atom. The zero-order valence-electron chi connectivity index (χ0n) is 15.8. The normalized spacial score (nSPS) is 11.9. The molecule has 6 nitrogen and oxygen atoms in total. The molecule has 28 heavy (non-hydrogen) atoms. The third-order valence-corrected chi connectivity index (χ3v) is 7.06. The van der Waals surface area contributed by atoms with E-state index in [1.54, 1.807) is 15.9 Å². The van der Waals surface area contributed by atoms with E-state index in [-0.39, 0.29) is 5.56 Å². The van der Waals surface area contributed by atoms with Crippen molar-refractivity contribution in [2.45, 2.75) is 31.5 Å². The van der Waals surface area contributed by atoms with E-state index in [0.717, 1.165) is 34.4 Å². The van der Waals surface area contributed by atoms with Crippen molar-refractivity contribution in [3.8, 4) is 0 Å². The number of aromatic nitrogens is 2. The van der Waals surface area contributed by atoms with Crippen molar-refractivity contribution < 1.29 is 8.42 Å². The van der Waals surface area contributed by atoms with Crippen LogP contribution in [0.4, 0.5) is 0 Å². The minimum absolute atomic E-state index is 0.0320. The summed E-state index contributed by atoms with van der Waals surface area (Å²) in [5.74, 6) is 0.502. The number of thiophene rings is 1. The molecule has 0 saturated carbocycles. The lowest BCUT2D eigenvalue weighted by molar-refractivity contribution is 0.589. The highest BCUT2D eigenvalue weighted by Gasteiger charge is 2.14. The molecular formula is C19H23N3O3S3. The van der Waals surface area contributed by atoms with Crippen molar-refractivity contribution >= 4 is 43.3 Å². The highest BCUT2D eigenvalue weighted by molar-refractivity contribution is 7.99. The molecule has 0 radical (unpaired) electrons. The van der Waals surface area contributed by atoms with E-state index < -0.39 is 10.0 Å². The van der Waals surface area contributed by atoms with Gasteiger partial charge >= 0.3 is 0 Å². The number of hydrogen-bond donors (Lipinski definition) is 1. The molecule has 150 valence electrons. The lowest BCUT2D eigenvalue weighted by Crippen LogP contribution is -2.26. The smallest absolute Gasteiger partial charge is 0.262 e. The van der Waals surface area contributed by atoms with Crippen LogP contribution in [0.5, 0.6) is 0 Å². The molecule has 0 atom stereocenters. The third-order valence-electron chi connectivity index (χ3n) is 4.18. The zero-order valence-corrected chi connectivity index (χ0v) is 18.3. The van der Waals surface area contributed by atoms with Gasteiger partial charge in [-0.1, -0.05) is 49.0 Å². The predicted octanol–water partition coefficient (Wildman–Crippen LogP) is 2.90. The number of aryl methyl sites for hydroxylation is 2. The number of nitrogens with zero attached hydrogens (tertiary/aromatic N) is 2. The molecule has 0 spiro atoms. The molecule has 0 fully saturated rings. The van der Waals surface area contributed by atoms with Gasteiger partial charge < -0.3 is 0 Å². The van der Waals surface area contributed by atoms with Crippen LogP contribution in [0.3, 0.4) is 0 Å². The standard InChI is InChI=1S/C19H23N3O3S3/c1-3-15-13-16-17(27-15)21-19(26-12-10-20-28(2,24)25)22(18(16)23)11-9-14-7-5-4-6-8-14/h4-8,13,20H,3,9-12H2,1-2H3. The number of thioether (sulfide) groups is 1. The van der Waals surface area contributed by atoms with Crippen molar-refractivity contribution in [3.05, 3.63) is 57.2 Å². The van der Waals surface area contributed by atoms with E-state index in [0.29, 0.717) is 29.4 Å². The Morgan fingerprint density at radius 3 is 2.68 bits per heavy atom. The van der Waals surface area contributed by atoms with Crippen LogP contribution in [0.2, 0.25) is 0 Å². The van der Waals surface area contributed by atoms with Crippen LogP contribution in [0.25, 0.3) is 10.2 Å². The minimum atomic E-state index is -3.23. The highest BCUT2D eigenvalue weighted by Crippen LogP contribution is 2.25. The van der Waals surface area contributed by atoms with Gasteiger partial charge in [0.15, 0.2) is 5.16 Å². The Labute approximate surface area is 173 Å². The molecule has 9 heteroatoms. The summed E-state index contributed by atoms with van der Waals surface area (Å²) in [6, 6.07) is 12.0. The molecule has 0 aliphatic rings. The van der Waals surface area contributed by atoms with Crippen LogP contribution in [-0.4, -0.2) is 36.5 Å². The molecule has 0 aliphatic carbocycles. The topological polar surface area (TPSA) is 81.1 Å². The molecule has 2 aromatic heterocycles. The Balaban J connectivity index is 1.88. The van der Waals surface area contributed by atoms with Gasteiger partial charge in [0.05, 0.1) is 11.6 Å². The van der Waals surface area contributed by atoms with Crippen molar-refractivity contribution in [3.63, 3.8) is 0 Å². The predicted molar refractivity (Wildman–Crippen MR) is 117 cm³/mol. The van der Waals surface area contributed by atoms with Gasteiger partial charge in [-0.15, -0.1) is 11.3 Å². The summed E-state index contributed by atoms with van der Waals surface area (Å²) in [6.07, 6.45) is 2.73. The molecule has 0 aliphatic heterocycles. The summed E-state index contributed by atoms with van der Waals surface area (Å²) >= 11 is 2.94. The maximum Gasteiger partial charge on any atom is 0.262 e. The number of fused-ring (bicyclic) bond motifs is 1. The first-order valence-electron chi connectivity index (χ1n) is 9.02. The third kappa shape index (κ3) is 5.44. The Bertz CT molecular complexity index is 1110. The second kappa shape index (κ2) is 9.21. The van der Waals surface area contributed by atoms with Gasteiger partial charge in [-0.05, 0) is 24.5 Å². The van der Waals surface area contributed by atoms with Gasteiger partial charge in [0, 0.05) is 23.7 Å². The van der Waals surface area contributed by atoms with Crippen molar-refractivity contribution in [1.82, 2.24) is 14.3 Å². The van der Waals surface area contributed by atoms with Crippen molar-refractivity contribution in [2.75, 3.05) is 18.6 Å². The van der Waals surface area contributed by atoms with Gasteiger partial charge in [0.25, 0.3) is 5.56 Å². The van der Waals surface area contributed by atoms with Crippen LogP contribution in [0, 0.1) is 0 Å². The fourth-order valence-corrected chi connectivity index (χ4v) is 5.27. The molecule has 3 rings (SSSR count). The van der Waals surface area contributed by atoms with E-state index in [9.17, 15) is 13.2 Å². The second-order valence-corrected chi connectivity index (χ2v) is 10.4. The highest BCUT2D eigenvalue weighted by atomic mass is 32.2. The maximum absolute atomic E-state index is 13.1. The lowest BCUT2D eigenvalue weighted by atomic mass is 10.1. The van der Waals surface area contributed by atoms with Gasteiger partial charge in [0.1, 0.15) is 4.83 Å². The van der Waals surface area contributed by atoms with E-state index in [1.165, 1.54) is 11.8 Å². The molecule has 0 bridgehead atoms. The molecule has 3 aromatic rings.